The average molecular weight is 94.8 g/mol. The van der Waals surface area contributed by atoms with Gasteiger partial charge in [-0.25, -0.2) is 0 Å². The van der Waals surface area contributed by atoms with Crippen molar-refractivity contribution in [3.05, 3.63) is 0 Å². The van der Waals surface area contributed by atoms with E-state index in [0.29, 0.717) is 0 Å². The zero-order valence-corrected chi connectivity index (χ0v) is 3.27. The van der Waals surface area contributed by atoms with Gasteiger partial charge in [0.2, 0.25) is 0 Å². The van der Waals surface area contributed by atoms with Crippen LogP contribution in [-0.2, 0) is 19.1 Å². The fourth-order valence-corrected chi connectivity index (χ4v) is 0. The molecule has 0 heterocycles. The van der Waals surface area contributed by atoms with E-state index < -0.39 is 15.2 Å². The molecule has 0 saturated heterocycles. The van der Waals surface area contributed by atoms with Crippen molar-refractivity contribution in [2.45, 2.75) is 0 Å². The molecular weight excluding hydrogens is 94.8 g/mol. The SMILES string of the molecule is [Li+].[O]=[Fe][O-]. The fourth-order valence-electron chi connectivity index (χ4n) is 0. The average Bonchev–Trinajstić information content (AvgIpc) is 0.918. The van der Waals surface area contributed by atoms with Crippen molar-refractivity contribution >= 4 is 0 Å². The Morgan fingerprint density at radius 3 is 1.75 bits per heavy atom. The zero-order valence-electron chi connectivity index (χ0n) is 2.17. The first-order valence-electron chi connectivity index (χ1n) is 0.289. The molecule has 0 aromatic carbocycles. The standard InChI is InChI=1S/Fe.Li.2O/q;+1;;-1. The summed E-state index contributed by atoms with van der Waals surface area (Å²) in [5.74, 6) is 0. The molecule has 0 rings (SSSR count). The van der Waals surface area contributed by atoms with Crippen molar-refractivity contribution in [3.63, 3.8) is 0 Å². The molecule has 21 valence electrons. The second kappa shape index (κ2) is 9.11. The van der Waals surface area contributed by atoms with Crippen LogP contribution < -0.4 is 23.0 Å². The van der Waals surface area contributed by atoms with Crippen LogP contribution in [0.1, 0.15) is 0 Å². The third-order valence-electron chi connectivity index (χ3n) is 0. The molecule has 0 unspecified atom stereocenters. The number of hydrogen-bond acceptors (Lipinski definition) is 2. The Kier molecular flexibility index (Phi) is 20.2. The Bertz CT molecular complexity index is 13.5. The van der Waals surface area contributed by atoms with Crippen LogP contribution in [0.2, 0.25) is 0 Å². The van der Waals surface area contributed by atoms with Gasteiger partial charge in [-0.05, 0) is 0 Å². The van der Waals surface area contributed by atoms with E-state index in [0.717, 1.165) is 0 Å². The van der Waals surface area contributed by atoms with E-state index >= 15 is 0 Å². The van der Waals surface area contributed by atoms with E-state index in [1.54, 1.807) is 0 Å². The van der Waals surface area contributed by atoms with E-state index in [9.17, 15) is 0 Å². The van der Waals surface area contributed by atoms with Crippen molar-refractivity contribution in [2.24, 2.45) is 0 Å². The van der Waals surface area contributed by atoms with Crippen molar-refractivity contribution in [1.82, 2.24) is 0 Å². The van der Waals surface area contributed by atoms with Crippen LogP contribution in [0.4, 0.5) is 0 Å². The monoisotopic (exact) mass is 94.9 g/mol. The topological polar surface area (TPSA) is 40.1 Å². The van der Waals surface area contributed by atoms with Crippen molar-refractivity contribution < 1.29 is 42.1 Å². The molecule has 0 aliphatic heterocycles. The Morgan fingerprint density at radius 2 is 1.75 bits per heavy atom. The van der Waals surface area contributed by atoms with Gasteiger partial charge >= 0.3 is 42.1 Å². The Balaban J connectivity index is 0. The zero-order chi connectivity index (χ0) is 2.71. The van der Waals surface area contributed by atoms with Gasteiger partial charge in [0.1, 0.15) is 0 Å². The first-order valence-corrected chi connectivity index (χ1v) is 1.19. The third kappa shape index (κ3) is 13.2. The summed E-state index contributed by atoms with van der Waals surface area (Å²) in [5, 5.41) is 0. The molecule has 0 amide bonds. The van der Waals surface area contributed by atoms with Crippen LogP contribution in [0.5, 0.6) is 0 Å². The molecule has 0 radical (unpaired) electrons. The van der Waals surface area contributed by atoms with Crippen molar-refractivity contribution in [3.8, 4) is 0 Å². The van der Waals surface area contributed by atoms with Crippen molar-refractivity contribution in [1.29, 1.82) is 0 Å². The van der Waals surface area contributed by atoms with Gasteiger partial charge in [-0.3, -0.25) is 0 Å². The van der Waals surface area contributed by atoms with Crippen LogP contribution in [0.15, 0.2) is 0 Å². The van der Waals surface area contributed by atoms with Crippen LogP contribution in [0.25, 0.3) is 0 Å². The molecule has 0 aliphatic carbocycles. The van der Waals surface area contributed by atoms with Gasteiger partial charge in [-0.15, -0.1) is 0 Å². The van der Waals surface area contributed by atoms with Crippen molar-refractivity contribution in [2.75, 3.05) is 0 Å². The summed E-state index contributed by atoms with van der Waals surface area (Å²) in [7, 11) is 0. The maximum atomic E-state index is 8.38. The van der Waals surface area contributed by atoms with E-state index in [2.05, 4.69) is 0 Å². The number of hydrogen-bond donors (Lipinski definition) is 0. The van der Waals surface area contributed by atoms with Gasteiger partial charge in [0.25, 0.3) is 0 Å². The summed E-state index contributed by atoms with van der Waals surface area (Å²) in [6.45, 7) is 0. The third-order valence-corrected chi connectivity index (χ3v) is 0. The molecular formula is FeLiO2. The second-order valence-electron chi connectivity index (χ2n) is 0.0589. The summed E-state index contributed by atoms with van der Waals surface area (Å²) in [4.78, 5) is 0. The first kappa shape index (κ1) is 8.86. The summed E-state index contributed by atoms with van der Waals surface area (Å²) in [5.41, 5.74) is 0. The van der Waals surface area contributed by atoms with Crippen LogP contribution >= 0.6 is 0 Å². The van der Waals surface area contributed by atoms with E-state index in [4.69, 9.17) is 8.02 Å². The predicted molar refractivity (Wildman–Crippen MR) is 0.686 cm³/mol. The van der Waals surface area contributed by atoms with E-state index in [-0.39, 0.29) is 18.9 Å². The molecule has 0 bridgehead atoms. The Hall–Kier alpha value is 0.877. The Labute approximate surface area is 42.4 Å². The minimum absolute atomic E-state index is 0. The summed E-state index contributed by atoms with van der Waals surface area (Å²) in [6, 6.07) is 0. The minimum atomic E-state index is -1.25. The molecule has 0 aromatic rings. The maximum absolute atomic E-state index is 8.38. The molecule has 0 spiro atoms. The normalized spacial score (nSPS) is 4.25. The van der Waals surface area contributed by atoms with Gasteiger partial charge in [0, 0.05) is 0 Å². The second-order valence-corrected chi connectivity index (χ2v) is 0.243. The molecule has 0 saturated carbocycles. The quantitative estimate of drug-likeness (QED) is 0.285. The Morgan fingerprint density at radius 1 is 1.75 bits per heavy atom. The summed E-state index contributed by atoms with van der Waals surface area (Å²) in [6.07, 6.45) is 0. The van der Waals surface area contributed by atoms with Crippen LogP contribution in [0.3, 0.4) is 0 Å². The first-order chi connectivity index (χ1) is 1.41. The van der Waals surface area contributed by atoms with E-state index in [1.165, 1.54) is 0 Å². The van der Waals surface area contributed by atoms with Gasteiger partial charge in [0.05, 0.1) is 0 Å². The van der Waals surface area contributed by atoms with Gasteiger partial charge in [-0.2, -0.15) is 0 Å². The molecule has 0 fully saturated rings. The summed E-state index contributed by atoms with van der Waals surface area (Å²) < 4.78 is 16.8. The molecule has 4 heavy (non-hydrogen) atoms. The van der Waals surface area contributed by atoms with Gasteiger partial charge in [-0.1, -0.05) is 0 Å². The molecule has 0 atom stereocenters. The molecule has 0 aliphatic rings. The number of rotatable bonds is 0. The van der Waals surface area contributed by atoms with Gasteiger partial charge in [0.15, 0.2) is 0 Å². The van der Waals surface area contributed by atoms with Crippen LogP contribution in [-0.4, -0.2) is 0 Å². The molecule has 4 heteroatoms. The van der Waals surface area contributed by atoms with E-state index in [1.807, 2.05) is 0 Å². The molecule has 2 nitrogen and oxygen atoms in total. The van der Waals surface area contributed by atoms with Gasteiger partial charge < -0.3 is 0 Å². The molecule has 0 aromatic heterocycles. The fraction of sp³-hybridized carbons (Fsp3) is 0. The van der Waals surface area contributed by atoms with Crippen LogP contribution in [0, 0.1) is 0 Å². The molecule has 0 N–H and O–H groups in total. The summed E-state index contributed by atoms with van der Waals surface area (Å²) >= 11 is -1.25. The predicted octanol–water partition coefficient (Wildman–Crippen LogP) is -4.31.